The van der Waals surface area contributed by atoms with Gasteiger partial charge in [0, 0.05) is 18.6 Å². The van der Waals surface area contributed by atoms with E-state index in [0.29, 0.717) is 13.0 Å². The third-order valence-corrected chi connectivity index (χ3v) is 4.26. The van der Waals surface area contributed by atoms with E-state index in [0.717, 1.165) is 5.56 Å². The summed E-state index contributed by atoms with van der Waals surface area (Å²) in [5, 5.41) is 3.39. The number of halogens is 1. The van der Waals surface area contributed by atoms with Gasteiger partial charge in [0.05, 0.1) is 7.11 Å². The number of nitrogens with one attached hydrogen (secondary N) is 1. The summed E-state index contributed by atoms with van der Waals surface area (Å²) in [5.74, 6) is -0.752. The molecule has 0 saturated carbocycles. The highest BCUT2D eigenvalue weighted by Crippen LogP contribution is 2.24. The molecule has 7 heteroatoms. The Morgan fingerprint density at radius 1 is 1.27 bits per heavy atom. The molecule has 144 valence electrons. The van der Waals surface area contributed by atoms with Crippen molar-refractivity contribution in [3.63, 3.8) is 0 Å². The van der Waals surface area contributed by atoms with Gasteiger partial charge >= 0.3 is 12.1 Å². The molecule has 0 spiro atoms. The predicted octanol–water partition coefficient (Wildman–Crippen LogP) is 3.03. The third kappa shape index (κ3) is 5.17. The number of benzene rings is 1. The minimum atomic E-state index is -0.687. The SMILES string of the molecule is COC(=O)C1CC(N[C@@H](C)c2ccc(F)cc2)CN1C(=O)OC(C)(C)C. The number of likely N-dealkylation sites (tertiary alicyclic amines) is 1. The molecule has 1 aliphatic heterocycles. The van der Waals surface area contributed by atoms with Crippen LogP contribution in [0.15, 0.2) is 24.3 Å². The molecular formula is C19H27FN2O4. The summed E-state index contributed by atoms with van der Waals surface area (Å²) >= 11 is 0. The molecule has 0 bridgehead atoms. The maximum absolute atomic E-state index is 13.1. The number of esters is 1. The van der Waals surface area contributed by atoms with Crippen LogP contribution < -0.4 is 5.32 Å². The number of rotatable bonds is 4. The molecule has 0 aromatic heterocycles. The molecule has 6 nitrogen and oxygen atoms in total. The van der Waals surface area contributed by atoms with Gasteiger partial charge in [-0.25, -0.2) is 14.0 Å². The Labute approximate surface area is 153 Å². The predicted molar refractivity (Wildman–Crippen MR) is 95.1 cm³/mol. The fourth-order valence-corrected chi connectivity index (χ4v) is 3.04. The lowest BCUT2D eigenvalue weighted by Gasteiger charge is -2.27. The molecule has 1 saturated heterocycles. The Morgan fingerprint density at radius 2 is 1.88 bits per heavy atom. The molecule has 1 heterocycles. The van der Waals surface area contributed by atoms with E-state index in [1.807, 2.05) is 6.92 Å². The Balaban J connectivity index is 2.07. The molecule has 3 atom stereocenters. The third-order valence-electron chi connectivity index (χ3n) is 4.26. The molecule has 1 fully saturated rings. The van der Waals surface area contributed by atoms with Gasteiger partial charge in [0.1, 0.15) is 17.5 Å². The molecule has 2 rings (SSSR count). The first-order valence-corrected chi connectivity index (χ1v) is 8.69. The second-order valence-corrected chi connectivity index (χ2v) is 7.54. The van der Waals surface area contributed by atoms with E-state index in [1.165, 1.54) is 24.1 Å². The first-order valence-electron chi connectivity index (χ1n) is 8.69. The number of amides is 1. The van der Waals surface area contributed by atoms with Crippen LogP contribution in [0.4, 0.5) is 9.18 Å². The summed E-state index contributed by atoms with van der Waals surface area (Å²) in [5.41, 5.74) is 0.279. The lowest BCUT2D eigenvalue weighted by Crippen LogP contribution is -2.44. The smallest absolute Gasteiger partial charge is 0.411 e. The van der Waals surface area contributed by atoms with Crippen LogP contribution in [0.1, 0.15) is 45.7 Å². The number of ether oxygens (including phenoxy) is 2. The fraction of sp³-hybridized carbons (Fsp3) is 0.579. The number of methoxy groups -OCH3 is 1. The van der Waals surface area contributed by atoms with Crippen molar-refractivity contribution in [2.24, 2.45) is 0 Å². The lowest BCUT2D eigenvalue weighted by atomic mass is 10.1. The van der Waals surface area contributed by atoms with Crippen LogP contribution in [-0.2, 0) is 14.3 Å². The van der Waals surface area contributed by atoms with Crippen LogP contribution in [0.25, 0.3) is 0 Å². The summed E-state index contributed by atoms with van der Waals surface area (Å²) in [6, 6.07) is 5.40. The second kappa shape index (κ2) is 8.03. The van der Waals surface area contributed by atoms with E-state index in [1.54, 1.807) is 32.9 Å². The van der Waals surface area contributed by atoms with Crippen LogP contribution in [0, 0.1) is 5.82 Å². The van der Waals surface area contributed by atoms with Crippen molar-refractivity contribution in [1.29, 1.82) is 0 Å². The van der Waals surface area contributed by atoms with E-state index in [9.17, 15) is 14.0 Å². The van der Waals surface area contributed by atoms with Crippen molar-refractivity contribution in [2.75, 3.05) is 13.7 Å². The maximum Gasteiger partial charge on any atom is 0.411 e. The number of carbonyl (C=O) groups excluding carboxylic acids is 2. The van der Waals surface area contributed by atoms with Crippen LogP contribution in [0.5, 0.6) is 0 Å². The number of nitrogens with zero attached hydrogens (tertiary/aromatic N) is 1. The highest BCUT2D eigenvalue weighted by Gasteiger charge is 2.42. The molecule has 26 heavy (non-hydrogen) atoms. The van der Waals surface area contributed by atoms with Gasteiger partial charge in [-0.1, -0.05) is 12.1 Å². The molecule has 1 aromatic rings. The minimum absolute atomic E-state index is 0.0579. The molecule has 1 N–H and O–H groups in total. The summed E-state index contributed by atoms with van der Waals surface area (Å²) in [6.07, 6.45) is -0.107. The van der Waals surface area contributed by atoms with Crippen molar-refractivity contribution in [3.05, 3.63) is 35.6 Å². The Kier molecular flexibility index (Phi) is 6.23. The van der Waals surface area contributed by atoms with Crippen molar-refractivity contribution in [2.45, 2.75) is 57.8 Å². The van der Waals surface area contributed by atoms with Crippen LogP contribution >= 0.6 is 0 Å². The minimum Gasteiger partial charge on any atom is -0.467 e. The van der Waals surface area contributed by atoms with Crippen LogP contribution in [0.3, 0.4) is 0 Å². The molecule has 1 amide bonds. The Hall–Kier alpha value is -2.15. The van der Waals surface area contributed by atoms with E-state index in [-0.39, 0.29) is 17.9 Å². The molecule has 0 aliphatic carbocycles. The van der Waals surface area contributed by atoms with Crippen LogP contribution in [0.2, 0.25) is 0 Å². The van der Waals surface area contributed by atoms with Gasteiger partial charge in [-0.05, 0) is 51.8 Å². The normalized spacial score (nSPS) is 21.4. The van der Waals surface area contributed by atoms with Gasteiger partial charge in [-0.2, -0.15) is 0 Å². The molecule has 1 aliphatic rings. The first kappa shape index (κ1) is 20.2. The average molecular weight is 366 g/mol. The van der Waals surface area contributed by atoms with Gasteiger partial charge in [0.2, 0.25) is 0 Å². The Bertz CT molecular complexity index is 642. The summed E-state index contributed by atoms with van der Waals surface area (Å²) in [6.45, 7) is 7.62. The zero-order valence-corrected chi connectivity index (χ0v) is 15.9. The summed E-state index contributed by atoms with van der Waals surface area (Å²) < 4.78 is 23.3. The number of hydrogen-bond donors (Lipinski definition) is 1. The van der Waals surface area contributed by atoms with Crippen molar-refractivity contribution in [3.8, 4) is 0 Å². The van der Waals surface area contributed by atoms with Gasteiger partial charge in [0.15, 0.2) is 0 Å². The van der Waals surface area contributed by atoms with Gasteiger partial charge in [-0.3, -0.25) is 4.90 Å². The highest BCUT2D eigenvalue weighted by molar-refractivity contribution is 5.82. The second-order valence-electron chi connectivity index (χ2n) is 7.54. The number of carbonyl (C=O) groups is 2. The maximum atomic E-state index is 13.1. The van der Waals surface area contributed by atoms with Crippen molar-refractivity contribution in [1.82, 2.24) is 10.2 Å². The summed E-state index contributed by atoms with van der Waals surface area (Å²) in [4.78, 5) is 26.0. The van der Waals surface area contributed by atoms with E-state index >= 15 is 0 Å². The number of hydrogen-bond acceptors (Lipinski definition) is 5. The standard InChI is InChI=1S/C19H27FN2O4/c1-12(13-6-8-14(20)9-7-13)21-15-10-16(17(23)25-5)22(11-15)18(24)26-19(2,3)4/h6-9,12,15-16,21H,10-11H2,1-5H3/t12-,15?,16?/m0/s1. The zero-order valence-electron chi connectivity index (χ0n) is 15.9. The van der Waals surface area contributed by atoms with Crippen molar-refractivity contribution >= 4 is 12.1 Å². The quantitative estimate of drug-likeness (QED) is 0.830. The monoisotopic (exact) mass is 366 g/mol. The van der Waals surface area contributed by atoms with Gasteiger partial charge in [-0.15, -0.1) is 0 Å². The van der Waals surface area contributed by atoms with Gasteiger partial charge < -0.3 is 14.8 Å². The fourth-order valence-electron chi connectivity index (χ4n) is 3.04. The van der Waals surface area contributed by atoms with E-state index in [4.69, 9.17) is 9.47 Å². The molecule has 1 aromatic carbocycles. The molecular weight excluding hydrogens is 339 g/mol. The topological polar surface area (TPSA) is 67.9 Å². The Morgan fingerprint density at radius 3 is 2.42 bits per heavy atom. The molecule has 0 radical (unpaired) electrons. The lowest BCUT2D eigenvalue weighted by molar-refractivity contribution is -0.145. The zero-order chi connectivity index (χ0) is 19.5. The highest BCUT2D eigenvalue weighted by atomic mass is 19.1. The van der Waals surface area contributed by atoms with E-state index < -0.39 is 23.7 Å². The molecule has 2 unspecified atom stereocenters. The van der Waals surface area contributed by atoms with Crippen molar-refractivity contribution < 1.29 is 23.5 Å². The van der Waals surface area contributed by atoms with E-state index in [2.05, 4.69) is 5.32 Å². The average Bonchev–Trinajstić information content (AvgIpc) is 2.97. The summed E-state index contributed by atoms with van der Waals surface area (Å²) in [7, 11) is 1.30. The van der Waals surface area contributed by atoms with Crippen LogP contribution in [-0.4, -0.2) is 48.3 Å². The van der Waals surface area contributed by atoms with Gasteiger partial charge in [0.25, 0.3) is 0 Å². The first-order chi connectivity index (χ1) is 12.1. The largest absolute Gasteiger partial charge is 0.467 e.